The van der Waals surface area contributed by atoms with Crippen molar-refractivity contribution in [3.05, 3.63) is 70.8 Å². The van der Waals surface area contributed by atoms with Crippen molar-refractivity contribution in [1.82, 2.24) is 10.2 Å². The van der Waals surface area contributed by atoms with Crippen molar-refractivity contribution in [2.75, 3.05) is 0 Å². The molecule has 0 aliphatic heterocycles. The van der Waals surface area contributed by atoms with Crippen LogP contribution in [0, 0.1) is 13.8 Å². The molecule has 1 N–H and O–H groups in total. The zero-order valence-electron chi connectivity index (χ0n) is 18.4. The maximum absolute atomic E-state index is 13.4. The summed E-state index contributed by atoms with van der Waals surface area (Å²) in [4.78, 5) is 28.1. The Labute approximate surface area is 175 Å². The number of carbonyl (C=O) groups is 2. The molecule has 0 radical (unpaired) electrons. The van der Waals surface area contributed by atoms with Crippen molar-refractivity contribution in [2.45, 2.75) is 72.5 Å². The van der Waals surface area contributed by atoms with Gasteiger partial charge in [0.05, 0.1) is 6.42 Å². The first kappa shape index (κ1) is 22.7. The number of benzene rings is 2. The van der Waals surface area contributed by atoms with Gasteiger partial charge in [0.15, 0.2) is 0 Å². The fraction of sp³-hybridized carbons (Fsp3) is 0.440. The first-order valence-electron chi connectivity index (χ1n) is 10.6. The Bertz CT molecular complexity index is 817. The molecule has 0 saturated carbocycles. The van der Waals surface area contributed by atoms with Crippen LogP contribution in [-0.4, -0.2) is 28.8 Å². The lowest BCUT2D eigenvalue weighted by molar-refractivity contribution is -0.141. The van der Waals surface area contributed by atoms with E-state index in [4.69, 9.17) is 0 Å². The summed E-state index contributed by atoms with van der Waals surface area (Å²) < 4.78 is 0. The molecule has 0 aromatic heterocycles. The lowest BCUT2D eigenvalue weighted by Crippen LogP contribution is -2.51. The molecular weight excluding hydrogens is 360 g/mol. The minimum Gasteiger partial charge on any atom is -0.352 e. The first-order chi connectivity index (χ1) is 13.8. The highest BCUT2D eigenvalue weighted by atomic mass is 16.2. The van der Waals surface area contributed by atoms with Crippen molar-refractivity contribution in [1.29, 1.82) is 0 Å². The molecule has 0 heterocycles. The zero-order chi connectivity index (χ0) is 21.4. The van der Waals surface area contributed by atoms with E-state index in [1.165, 1.54) is 0 Å². The van der Waals surface area contributed by atoms with Crippen molar-refractivity contribution < 1.29 is 9.59 Å². The minimum atomic E-state index is -0.484. The van der Waals surface area contributed by atoms with Gasteiger partial charge in [-0.05, 0) is 50.3 Å². The highest BCUT2D eigenvalue weighted by Gasteiger charge is 2.29. The molecule has 2 amide bonds. The molecule has 0 saturated heterocycles. The summed E-state index contributed by atoms with van der Waals surface area (Å²) in [6.45, 7) is 10.5. The summed E-state index contributed by atoms with van der Waals surface area (Å²) >= 11 is 0. The van der Waals surface area contributed by atoms with E-state index < -0.39 is 6.04 Å². The quantitative estimate of drug-likeness (QED) is 0.677. The molecule has 0 unspecified atom stereocenters. The predicted molar refractivity (Wildman–Crippen MR) is 119 cm³/mol. The summed E-state index contributed by atoms with van der Waals surface area (Å²) in [5.41, 5.74) is 4.28. The number of aryl methyl sites for hydroxylation is 2. The van der Waals surface area contributed by atoms with E-state index in [2.05, 4.69) is 17.4 Å². The molecule has 2 aromatic carbocycles. The normalized spacial score (nSPS) is 12.9. The van der Waals surface area contributed by atoms with Crippen molar-refractivity contribution in [2.24, 2.45) is 0 Å². The van der Waals surface area contributed by atoms with Gasteiger partial charge in [-0.1, -0.05) is 67.9 Å². The van der Waals surface area contributed by atoms with Gasteiger partial charge in [-0.3, -0.25) is 9.59 Å². The Morgan fingerprint density at radius 1 is 1.00 bits per heavy atom. The van der Waals surface area contributed by atoms with Crippen LogP contribution in [0.4, 0.5) is 0 Å². The van der Waals surface area contributed by atoms with Crippen molar-refractivity contribution >= 4 is 11.8 Å². The fourth-order valence-corrected chi connectivity index (χ4v) is 3.40. The molecule has 156 valence electrons. The number of rotatable bonds is 9. The highest BCUT2D eigenvalue weighted by Crippen LogP contribution is 2.17. The van der Waals surface area contributed by atoms with E-state index in [0.717, 1.165) is 28.7 Å². The molecule has 4 heteroatoms. The molecular formula is C25H34N2O2. The molecule has 2 aromatic rings. The van der Waals surface area contributed by atoms with E-state index >= 15 is 0 Å². The van der Waals surface area contributed by atoms with E-state index in [9.17, 15) is 9.59 Å². The van der Waals surface area contributed by atoms with Crippen LogP contribution in [0.1, 0.15) is 55.9 Å². The maximum atomic E-state index is 13.4. The van der Waals surface area contributed by atoms with Gasteiger partial charge in [0.1, 0.15) is 6.04 Å². The van der Waals surface area contributed by atoms with Crippen LogP contribution in [0.5, 0.6) is 0 Å². The number of carbonyl (C=O) groups excluding carboxylic acids is 2. The minimum absolute atomic E-state index is 0.0197. The third kappa shape index (κ3) is 6.45. The second kappa shape index (κ2) is 10.8. The van der Waals surface area contributed by atoms with Gasteiger partial charge in [0.25, 0.3) is 0 Å². The molecule has 0 aliphatic rings. The summed E-state index contributed by atoms with van der Waals surface area (Å²) in [6, 6.07) is 15.6. The zero-order valence-corrected chi connectivity index (χ0v) is 18.4. The Kier molecular flexibility index (Phi) is 8.44. The SMILES string of the molecule is CC[C@H](C(=O)N[C@@H](C)CC)N(Cc1ccccc1)C(=O)Cc1cc(C)ccc1C. The molecule has 29 heavy (non-hydrogen) atoms. The van der Waals surface area contributed by atoms with Crippen LogP contribution in [0.3, 0.4) is 0 Å². The standard InChI is InChI=1S/C25H34N2O2/c1-6-20(5)26-25(29)23(7-2)27(17-21-11-9-8-10-12-21)24(28)16-22-15-18(3)13-14-19(22)4/h8-15,20,23H,6-7,16-17H2,1-5H3,(H,26,29)/t20-,23+/m0/s1. The number of nitrogens with one attached hydrogen (secondary N) is 1. The van der Waals surface area contributed by atoms with Crippen LogP contribution in [-0.2, 0) is 22.6 Å². The van der Waals surface area contributed by atoms with Crippen LogP contribution < -0.4 is 5.32 Å². The van der Waals surface area contributed by atoms with Gasteiger partial charge in [-0.25, -0.2) is 0 Å². The van der Waals surface area contributed by atoms with Crippen LogP contribution in [0.25, 0.3) is 0 Å². The number of hydrogen-bond acceptors (Lipinski definition) is 2. The second-order valence-corrected chi connectivity index (χ2v) is 7.86. The lowest BCUT2D eigenvalue weighted by Gasteiger charge is -2.31. The fourth-order valence-electron chi connectivity index (χ4n) is 3.40. The first-order valence-corrected chi connectivity index (χ1v) is 10.6. The van der Waals surface area contributed by atoms with Crippen LogP contribution >= 0.6 is 0 Å². The number of nitrogens with zero attached hydrogens (tertiary/aromatic N) is 1. The van der Waals surface area contributed by atoms with Crippen molar-refractivity contribution in [3.8, 4) is 0 Å². The summed E-state index contributed by atoms with van der Waals surface area (Å²) in [7, 11) is 0. The maximum Gasteiger partial charge on any atom is 0.243 e. The Hall–Kier alpha value is -2.62. The number of hydrogen-bond donors (Lipinski definition) is 1. The average Bonchev–Trinajstić information content (AvgIpc) is 2.71. The molecule has 0 spiro atoms. The summed E-state index contributed by atoms with van der Waals surface area (Å²) in [6.07, 6.45) is 1.73. The topological polar surface area (TPSA) is 49.4 Å². The van der Waals surface area contributed by atoms with E-state index in [1.807, 2.05) is 71.0 Å². The average molecular weight is 395 g/mol. The Morgan fingerprint density at radius 2 is 1.69 bits per heavy atom. The van der Waals surface area contributed by atoms with Gasteiger partial charge in [-0.15, -0.1) is 0 Å². The predicted octanol–water partition coefficient (Wildman–Crippen LogP) is 4.57. The molecule has 2 atom stereocenters. The van der Waals surface area contributed by atoms with Gasteiger partial charge in [0.2, 0.25) is 11.8 Å². The Morgan fingerprint density at radius 3 is 2.31 bits per heavy atom. The largest absolute Gasteiger partial charge is 0.352 e. The van der Waals surface area contributed by atoms with Gasteiger partial charge in [0, 0.05) is 12.6 Å². The van der Waals surface area contributed by atoms with Crippen molar-refractivity contribution in [3.63, 3.8) is 0 Å². The van der Waals surface area contributed by atoms with Gasteiger partial charge in [-0.2, -0.15) is 0 Å². The second-order valence-electron chi connectivity index (χ2n) is 7.86. The monoisotopic (exact) mass is 394 g/mol. The van der Waals surface area contributed by atoms with E-state index in [-0.39, 0.29) is 17.9 Å². The molecule has 0 aliphatic carbocycles. The highest BCUT2D eigenvalue weighted by molar-refractivity contribution is 5.88. The lowest BCUT2D eigenvalue weighted by atomic mass is 10.0. The van der Waals surface area contributed by atoms with Crippen LogP contribution in [0.15, 0.2) is 48.5 Å². The summed E-state index contributed by atoms with van der Waals surface area (Å²) in [5.74, 6) is -0.0965. The third-order valence-corrected chi connectivity index (χ3v) is 5.43. The molecule has 4 nitrogen and oxygen atoms in total. The van der Waals surface area contributed by atoms with Gasteiger partial charge < -0.3 is 10.2 Å². The van der Waals surface area contributed by atoms with E-state index in [0.29, 0.717) is 19.4 Å². The molecule has 2 rings (SSSR count). The number of amides is 2. The van der Waals surface area contributed by atoms with Gasteiger partial charge >= 0.3 is 0 Å². The summed E-state index contributed by atoms with van der Waals surface area (Å²) in [5, 5.41) is 3.05. The van der Waals surface area contributed by atoms with Crippen LogP contribution in [0.2, 0.25) is 0 Å². The third-order valence-electron chi connectivity index (χ3n) is 5.43. The smallest absolute Gasteiger partial charge is 0.243 e. The molecule has 0 bridgehead atoms. The van der Waals surface area contributed by atoms with E-state index in [1.54, 1.807) is 4.90 Å². The Balaban J connectivity index is 2.30. The molecule has 0 fully saturated rings.